The van der Waals surface area contributed by atoms with E-state index in [9.17, 15) is 0 Å². The number of benzene rings is 2. The molecule has 18 heavy (non-hydrogen) atoms. The second-order valence-electron chi connectivity index (χ2n) is 3.69. The smallest absolute Gasteiger partial charge is 0.142 e. The molecule has 0 saturated carbocycles. The van der Waals surface area contributed by atoms with Gasteiger partial charge in [0.1, 0.15) is 6.61 Å². The molecule has 0 aliphatic heterocycles. The summed E-state index contributed by atoms with van der Waals surface area (Å²) in [6, 6.07) is 15.3. The monoisotopic (exact) mass is 323 g/mol. The highest BCUT2D eigenvalue weighted by Crippen LogP contribution is 2.11. The lowest BCUT2D eigenvalue weighted by atomic mass is 10.2. The molecule has 0 radical (unpaired) electrons. The van der Waals surface area contributed by atoms with Crippen molar-refractivity contribution in [3.8, 4) is 0 Å². The van der Waals surface area contributed by atoms with E-state index < -0.39 is 0 Å². The molecule has 0 atom stereocenters. The Labute approximate surface area is 119 Å². The summed E-state index contributed by atoms with van der Waals surface area (Å²) in [6.45, 7) is 0.456. The summed E-state index contributed by atoms with van der Waals surface area (Å²) in [7, 11) is 0. The average molecular weight is 325 g/mol. The van der Waals surface area contributed by atoms with Crippen LogP contribution in [0.1, 0.15) is 11.1 Å². The van der Waals surface area contributed by atoms with Gasteiger partial charge in [-0.25, -0.2) is 0 Å². The first-order chi connectivity index (χ1) is 8.74. The Balaban J connectivity index is 1.84. The third kappa shape index (κ3) is 4.17. The van der Waals surface area contributed by atoms with Crippen LogP contribution in [0, 0.1) is 0 Å². The highest BCUT2D eigenvalue weighted by atomic mass is 79.9. The van der Waals surface area contributed by atoms with Gasteiger partial charge in [-0.15, -0.1) is 0 Å². The van der Waals surface area contributed by atoms with Crippen molar-refractivity contribution in [2.24, 2.45) is 5.16 Å². The first-order valence-corrected chi connectivity index (χ1v) is 6.56. The minimum atomic E-state index is 0.456. The quantitative estimate of drug-likeness (QED) is 0.592. The average Bonchev–Trinajstić information content (AvgIpc) is 2.39. The Morgan fingerprint density at radius 2 is 1.72 bits per heavy atom. The standard InChI is InChI=1S/C14H11BrClNO/c15-13-5-1-12(2-6-13)10-18-17-9-11-3-7-14(16)8-4-11/h1-9H,10H2. The van der Waals surface area contributed by atoms with Gasteiger partial charge in [0.2, 0.25) is 0 Å². The summed E-state index contributed by atoms with van der Waals surface area (Å²) < 4.78 is 1.05. The maximum Gasteiger partial charge on any atom is 0.142 e. The third-order valence-electron chi connectivity index (χ3n) is 2.29. The number of nitrogens with zero attached hydrogens (tertiary/aromatic N) is 1. The van der Waals surface area contributed by atoms with Crippen LogP contribution in [0.2, 0.25) is 5.02 Å². The Bertz CT molecular complexity index is 522. The van der Waals surface area contributed by atoms with Crippen molar-refractivity contribution in [2.45, 2.75) is 6.61 Å². The predicted octanol–water partition coefficient (Wildman–Crippen LogP) is 4.65. The lowest BCUT2D eigenvalue weighted by Crippen LogP contribution is -1.87. The molecule has 0 fully saturated rings. The Kier molecular flexibility index (Phi) is 4.79. The van der Waals surface area contributed by atoms with Crippen molar-refractivity contribution in [3.63, 3.8) is 0 Å². The summed E-state index contributed by atoms with van der Waals surface area (Å²) in [4.78, 5) is 5.21. The second kappa shape index (κ2) is 6.57. The fraction of sp³-hybridized carbons (Fsp3) is 0.0714. The van der Waals surface area contributed by atoms with E-state index in [0.29, 0.717) is 11.6 Å². The zero-order valence-corrected chi connectivity index (χ0v) is 11.9. The molecular formula is C14H11BrClNO. The first kappa shape index (κ1) is 13.1. The normalized spacial score (nSPS) is 10.8. The zero-order chi connectivity index (χ0) is 12.8. The largest absolute Gasteiger partial charge is 0.391 e. The van der Waals surface area contributed by atoms with E-state index in [0.717, 1.165) is 15.6 Å². The van der Waals surface area contributed by atoms with Gasteiger partial charge >= 0.3 is 0 Å². The molecule has 0 heterocycles. The van der Waals surface area contributed by atoms with Crippen molar-refractivity contribution < 1.29 is 4.84 Å². The molecule has 0 spiro atoms. The summed E-state index contributed by atoms with van der Waals surface area (Å²) >= 11 is 9.17. The molecular weight excluding hydrogens is 314 g/mol. The van der Waals surface area contributed by atoms with Gasteiger partial charge < -0.3 is 4.84 Å². The second-order valence-corrected chi connectivity index (χ2v) is 5.04. The summed E-state index contributed by atoms with van der Waals surface area (Å²) in [5.74, 6) is 0. The molecule has 0 amide bonds. The fourth-order valence-corrected chi connectivity index (χ4v) is 1.73. The number of hydrogen-bond acceptors (Lipinski definition) is 2. The number of rotatable bonds is 4. The van der Waals surface area contributed by atoms with E-state index >= 15 is 0 Å². The van der Waals surface area contributed by atoms with Gasteiger partial charge in [0, 0.05) is 9.50 Å². The van der Waals surface area contributed by atoms with Gasteiger partial charge in [-0.2, -0.15) is 0 Å². The number of hydrogen-bond donors (Lipinski definition) is 0. The fourth-order valence-electron chi connectivity index (χ4n) is 1.34. The molecule has 2 rings (SSSR count). The molecule has 0 bridgehead atoms. The van der Waals surface area contributed by atoms with E-state index in [1.165, 1.54) is 0 Å². The predicted molar refractivity (Wildman–Crippen MR) is 78.0 cm³/mol. The van der Waals surface area contributed by atoms with Crippen molar-refractivity contribution in [3.05, 3.63) is 69.2 Å². The van der Waals surface area contributed by atoms with Gasteiger partial charge in [-0.3, -0.25) is 0 Å². The number of halogens is 2. The lowest BCUT2D eigenvalue weighted by molar-refractivity contribution is 0.132. The van der Waals surface area contributed by atoms with Gasteiger partial charge in [-0.1, -0.05) is 57.0 Å². The van der Waals surface area contributed by atoms with Crippen LogP contribution in [0.4, 0.5) is 0 Å². The highest BCUT2D eigenvalue weighted by Gasteiger charge is 1.92. The minimum Gasteiger partial charge on any atom is -0.391 e. The van der Waals surface area contributed by atoms with Gasteiger partial charge in [-0.05, 0) is 35.4 Å². The first-order valence-electron chi connectivity index (χ1n) is 5.39. The van der Waals surface area contributed by atoms with Gasteiger partial charge in [0.15, 0.2) is 0 Å². The molecule has 0 saturated heterocycles. The molecule has 92 valence electrons. The molecule has 0 aliphatic carbocycles. The van der Waals surface area contributed by atoms with E-state index in [1.54, 1.807) is 6.21 Å². The molecule has 2 aromatic rings. The van der Waals surface area contributed by atoms with E-state index in [4.69, 9.17) is 16.4 Å². The summed E-state index contributed by atoms with van der Waals surface area (Å²) in [5.41, 5.74) is 2.03. The zero-order valence-electron chi connectivity index (χ0n) is 9.51. The molecule has 4 heteroatoms. The molecule has 0 N–H and O–H groups in total. The highest BCUT2D eigenvalue weighted by molar-refractivity contribution is 9.10. The molecule has 2 aromatic carbocycles. The molecule has 0 unspecified atom stereocenters. The third-order valence-corrected chi connectivity index (χ3v) is 3.07. The van der Waals surface area contributed by atoms with E-state index in [2.05, 4.69) is 21.1 Å². The van der Waals surface area contributed by atoms with Crippen LogP contribution in [0.25, 0.3) is 0 Å². The molecule has 0 aliphatic rings. The van der Waals surface area contributed by atoms with Crippen LogP contribution < -0.4 is 0 Å². The van der Waals surface area contributed by atoms with E-state index in [1.807, 2.05) is 48.5 Å². The molecule has 2 nitrogen and oxygen atoms in total. The van der Waals surface area contributed by atoms with Crippen LogP contribution in [0.15, 0.2) is 58.2 Å². The Morgan fingerprint density at radius 3 is 2.39 bits per heavy atom. The maximum atomic E-state index is 5.79. The Hall–Kier alpha value is -1.32. The maximum absolute atomic E-state index is 5.79. The number of oxime groups is 1. The van der Waals surface area contributed by atoms with Crippen LogP contribution >= 0.6 is 27.5 Å². The van der Waals surface area contributed by atoms with Crippen molar-refractivity contribution in [1.82, 2.24) is 0 Å². The van der Waals surface area contributed by atoms with Crippen LogP contribution in [-0.2, 0) is 11.4 Å². The van der Waals surface area contributed by atoms with Gasteiger partial charge in [0.05, 0.1) is 6.21 Å². The Morgan fingerprint density at radius 1 is 1.06 bits per heavy atom. The van der Waals surface area contributed by atoms with Gasteiger partial charge in [0.25, 0.3) is 0 Å². The summed E-state index contributed by atoms with van der Waals surface area (Å²) in [5, 5.41) is 4.62. The van der Waals surface area contributed by atoms with Crippen molar-refractivity contribution in [1.29, 1.82) is 0 Å². The topological polar surface area (TPSA) is 21.6 Å². The van der Waals surface area contributed by atoms with Crippen LogP contribution in [0.3, 0.4) is 0 Å². The van der Waals surface area contributed by atoms with Crippen molar-refractivity contribution in [2.75, 3.05) is 0 Å². The van der Waals surface area contributed by atoms with Crippen molar-refractivity contribution >= 4 is 33.7 Å². The lowest BCUT2D eigenvalue weighted by Gasteiger charge is -1.99. The van der Waals surface area contributed by atoms with Crippen LogP contribution in [-0.4, -0.2) is 6.21 Å². The summed E-state index contributed by atoms with van der Waals surface area (Å²) in [6.07, 6.45) is 1.66. The SMILES string of the molecule is Clc1ccc(C=NOCc2ccc(Br)cc2)cc1. The van der Waals surface area contributed by atoms with E-state index in [-0.39, 0.29) is 0 Å². The minimum absolute atomic E-state index is 0.456. The van der Waals surface area contributed by atoms with Crippen LogP contribution in [0.5, 0.6) is 0 Å². The molecule has 0 aromatic heterocycles.